The summed E-state index contributed by atoms with van der Waals surface area (Å²) in [6.07, 6.45) is 3.17. The number of nitrogens with zero attached hydrogens (tertiary/aromatic N) is 3. The predicted octanol–water partition coefficient (Wildman–Crippen LogP) is 6.48. The number of aromatic nitrogens is 3. The molecule has 4 aromatic rings. The molecule has 0 aliphatic carbocycles. The third-order valence-corrected chi connectivity index (χ3v) is 6.34. The number of benzene rings is 3. The Bertz CT molecular complexity index is 1210. The van der Waals surface area contributed by atoms with Crippen LogP contribution in [0.1, 0.15) is 38.0 Å². The molecule has 0 saturated heterocycles. The zero-order valence-corrected chi connectivity index (χ0v) is 18.2. The lowest BCUT2D eigenvalue weighted by Crippen LogP contribution is -2.17. The number of nitrogens with one attached hydrogen (secondary N) is 1. The Kier molecular flexibility index (Phi) is 5.71. The molecule has 1 aromatic heterocycles. The molecule has 1 atom stereocenters. The topological polar surface area (TPSA) is 59.9 Å². The highest BCUT2D eigenvalue weighted by molar-refractivity contribution is 7.99. The highest BCUT2D eigenvalue weighted by Gasteiger charge is 2.26. The van der Waals surface area contributed by atoms with Crippen LogP contribution in [0.2, 0.25) is 0 Å². The summed E-state index contributed by atoms with van der Waals surface area (Å²) >= 11 is 1.64. The smallest absolute Gasteiger partial charge is 0.247 e. The van der Waals surface area contributed by atoms with Crippen LogP contribution in [0.15, 0.2) is 71.9 Å². The van der Waals surface area contributed by atoms with Crippen LogP contribution in [0.5, 0.6) is 5.88 Å². The molecular formula is C25H24N4OS. The lowest BCUT2D eigenvalue weighted by Gasteiger charge is -2.21. The number of unbranched alkanes of at least 4 members (excludes halogenated alkanes) is 2. The van der Waals surface area contributed by atoms with Crippen molar-refractivity contribution in [3.05, 3.63) is 72.3 Å². The minimum absolute atomic E-state index is 0.386. The number of para-hydroxylation sites is 1. The van der Waals surface area contributed by atoms with Crippen molar-refractivity contribution >= 4 is 28.2 Å². The Balaban J connectivity index is 1.56. The molecule has 0 amide bonds. The molecule has 5 nitrogen and oxygen atoms in total. The van der Waals surface area contributed by atoms with E-state index in [2.05, 4.69) is 64.9 Å². The van der Waals surface area contributed by atoms with Gasteiger partial charge in [0.1, 0.15) is 0 Å². The molecule has 6 heteroatoms. The van der Waals surface area contributed by atoms with Crippen molar-refractivity contribution < 1.29 is 4.74 Å². The maximum atomic E-state index is 6.46. The normalized spacial score (nSPS) is 14.8. The third-order valence-electron chi connectivity index (χ3n) is 5.42. The van der Waals surface area contributed by atoms with Gasteiger partial charge in [0.05, 0.1) is 0 Å². The van der Waals surface area contributed by atoms with Crippen molar-refractivity contribution in [1.82, 2.24) is 15.2 Å². The molecule has 0 spiro atoms. The Morgan fingerprint density at radius 3 is 2.71 bits per heavy atom. The van der Waals surface area contributed by atoms with Gasteiger partial charge in [0, 0.05) is 22.6 Å². The van der Waals surface area contributed by atoms with E-state index < -0.39 is 0 Å². The van der Waals surface area contributed by atoms with Crippen molar-refractivity contribution in [1.29, 1.82) is 0 Å². The van der Waals surface area contributed by atoms with Crippen molar-refractivity contribution in [2.24, 2.45) is 0 Å². The van der Waals surface area contributed by atoms with E-state index in [0.717, 1.165) is 34.4 Å². The first-order chi connectivity index (χ1) is 15.3. The summed E-state index contributed by atoms with van der Waals surface area (Å²) in [7, 11) is 0. The van der Waals surface area contributed by atoms with Gasteiger partial charge < -0.3 is 10.1 Å². The van der Waals surface area contributed by atoms with Crippen LogP contribution >= 0.6 is 11.8 Å². The maximum Gasteiger partial charge on any atom is 0.247 e. The largest absolute Gasteiger partial charge is 0.448 e. The molecular weight excluding hydrogens is 404 g/mol. The lowest BCUT2D eigenvalue weighted by atomic mass is 10.0. The average molecular weight is 429 g/mol. The standard InChI is InChI=1S/C25H24N4OS/c1-2-3-8-16-31-25-27-24-22(28-29-25)20-13-6-7-15-21(20)26-23(30-24)19-14-9-11-17-10-4-5-12-18(17)19/h4-7,9-15,23,26H,2-3,8,16H2,1H3/t23-/m0/s1. The van der Waals surface area contributed by atoms with Crippen molar-refractivity contribution in [2.45, 2.75) is 37.6 Å². The van der Waals surface area contributed by atoms with Gasteiger partial charge in [-0.05, 0) is 23.3 Å². The van der Waals surface area contributed by atoms with Gasteiger partial charge in [-0.25, -0.2) is 0 Å². The number of fused-ring (bicyclic) bond motifs is 4. The van der Waals surface area contributed by atoms with Crippen LogP contribution in [0.25, 0.3) is 22.0 Å². The summed E-state index contributed by atoms with van der Waals surface area (Å²) in [5.41, 5.74) is 3.64. The fraction of sp³-hybridized carbons (Fsp3) is 0.240. The summed E-state index contributed by atoms with van der Waals surface area (Å²) in [4.78, 5) is 4.75. The van der Waals surface area contributed by atoms with E-state index in [4.69, 9.17) is 9.72 Å². The second-order valence-corrected chi connectivity index (χ2v) is 8.62. The highest BCUT2D eigenvalue weighted by Crippen LogP contribution is 2.40. The Morgan fingerprint density at radius 1 is 0.935 bits per heavy atom. The van der Waals surface area contributed by atoms with E-state index in [1.807, 2.05) is 24.3 Å². The molecule has 3 aromatic carbocycles. The molecule has 0 unspecified atom stereocenters. The van der Waals surface area contributed by atoms with Crippen LogP contribution in [0.3, 0.4) is 0 Å². The highest BCUT2D eigenvalue weighted by atomic mass is 32.2. The average Bonchev–Trinajstić information content (AvgIpc) is 2.98. The van der Waals surface area contributed by atoms with Crippen molar-refractivity contribution in [3.63, 3.8) is 0 Å². The van der Waals surface area contributed by atoms with Crippen LogP contribution in [0, 0.1) is 0 Å². The monoisotopic (exact) mass is 428 g/mol. The van der Waals surface area contributed by atoms with Crippen LogP contribution in [-0.2, 0) is 0 Å². The van der Waals surface area contributed by atoms with Crippen LogP contribution in [-0.4, -0.2) is 20.9 Å². The summed E-state index contributed by atoms with van der Waals surface area (Å²) in [6.45, 7) is 2.21. The van der Waals surface area contributed by atoms with E-state index in [1.54, 1.807) is 11.8 Å². The fourth-order valence-corrected chi connectivity index (χ4v) is 4.62. The molecule has 2 heterocycles. The van der Waals surface area contributed by atoms with Gasteiger partial charge >= 0.3 is 0 Å². The summed E-state index contributed by atoms with van der Waals surface area (Å²) in [5, 5.41) is 15.4. The van der Waals surface area contributed by atoms with Crippen LogP contribution in [0.4, 0.5) is 5.69 Å². The molecule has 0 fully saturated rings. The number of thioether (sulfide) groups is 1. The molecule has 0 bridgehead atoms. The zero-order chi connectivity index (χ0) is 21.0. The second kappa shape index (κ2) is 8.94. The number of rotatable bonds is 6. The first-order valence-corrected chi connectivity index (χ1v) is 11.7. The molecule has 1 aliphatic rings. The molecule has 1 N–H and O–H groups in total. The van der Waals surface area contributed by atoms with Crippen molar-refractivity contribution in [3.8, 4) is 17.1 Å². The molecule has 1 aliphatic heterocycles. The summed E-state index contributed by atoms with van der Waals surface area (Å²) in [6, 6.07) is 22.7. The maximum absolute atomic E-state index is 6.46. The number of ether oxygens (including phenoxy) is 1. The minimum atomic E-state index is -0.386. The number of anilines is 1. The second-order valence-electron chi connectivity index (χ2n) is 7.56. The molecule has 5 rings (SSSR count). The SMILES string of the molecule is CCCCCSc1nnc2c(n1)O[C@@H](c1cccc3ccccc13)Nc1ccccc1-2. The van der Waals surface area contributed by atoms with E-state index in [0.29, 0.717) is 16.7 Å². The predicted molar refractivity (Wildman–Crippen MR) is 126 cm³/mol. The van der Waals surface area contributed by atoms with Gasteiger partial charge in [0.15, 0.2) is 11.9 Å². The van der Waals surface area contributed by atoms with E-state index >= 15 is 0 Å². The summed E-state index contributed by atoms with van der Waals surface area (Å²) < 4.78 is 6.46. The van der Waals surface area contributed by atoms with Gasteiger partial charge in [-0.2, -0.15) is 4.98 Å². The minimum Gasteiger partial charge on any atom is -0.448 e. The van der Waals surface area contributed by atoms with Gasteiger partial charge in [-0.3, -0.25) is 0 Å². The zero-order valence-electron chi connectivity index (χ0n) is 17.4. The molecule has 31 heavy (non-hydrogen) atoms. The Hall–Kier alpha value is -3.12. The quantitative estimate of drug-likeness (QED) is 0.280. The summed E-state index contributed by atoms with van der Waals surface area (Å²) in [5.74, 6) is 1.50. The molecule has 156 valence electrons. The molecule has 0 radical (unpaired) electrons. The van der Waals surface area contributed by atoms with Crippen molar-refractivity contribution in [2.75, 3.05) is 11.1 Å². The van der Waals surface area contributed by atoms with E-state index in [-0.39, 0.29) is 6.23 Å². The van der Waals surface area contributed by atoms with Gasteiger partial charge in [0.25, 0.3) is 0 Å². The molecule has 0 saturated carbocycles. The van der Waals surface area contributed by atoms with Crippen LogP contribution < -0.4 is 10.1 Å². The van der Waals surface area contributed by atoms with E-state index in [9.17, 15) is 0 Å². The lowest BCUT2D eigenvalue weighted by molar-refractivity contribution is 0.226. The fourth-order valence-electron chi connectivity index (χ4n) is 3.84. The Labute approximate surface area is 186 Å². The van der Waals surface area contributed by atoms with Gasteiger partial charge in [-0.15, -0.1) is 10.2 Å². The van der Waals surface area contributed by atoms with Gasteiger partial charge in [-0.1, -0.05) is 92.2 Å². The Morgan fingerprint density at radius 2 is 1.77 bits per heavy atom. The first-order valence-electron chi connectivity index (χ1n) is 10.7. The number of hydrogen-bond acceptors (Lipinski definition) is 6. The first kappa shape index (κ1) is 19.8. The van der Waals surface area contributed by atoms with E-state index in [1.165, 1.54) is 18.2 Å². The van der Waals surface area contributed by atoms with Gasteiger partial charge in [0.2, 0.25) is 11.0 Å². The third kappa shape index (κ3) is 4.08. The number of hydrogen-bond donors (Lipinski definition) is 1.